The molecule has 4 rings (SSSR count). The third-order valence-electron chi connectivity index (χ3n) is 5.57. The molecule has 0 spiro atoms. The summed E-state index contributed by atoms with van der Waals surface area (Å²) in [5.74, 6) is -0.745. The summed E-state index contributed by atoms with van der Waals surface area (Å²) >= 11 is 0. The number of ether oxygens (including phenoxy) is 1. The molecule has 1 aliphatic rings. The fourth-order valence-corrected chi connectivity index (χ4v) is 3.91. The SMILES string of the molecule is CCn1cc(OC(=O)O)c(=O)c2cc(F)c(N3CCN(Cc4oc(=O)oc4C)CC3)cc21. The first-order chi connectivity index (χ1) is 15.3. The number of aromatic nitrogens is 1. The van der Waals surface area contributed by atoms with E-state index in [1.807, 2.05) is 11.8 Å². The molecule has 11 heteroatoms. The summed E-state index contributed by atoms with van der Waals surface area (Å²) in [5.41, 5.74) is 0.167. The van der Waals surface area contributed by atoms with E-state index in [1.54, 1.807) is 17.6 Å². The van der Waals surface area contributed by atoms with Crippen LogP contribution < -0.4 is 20.9 Å². The van der Waals surface area contributed by atoms with Crippen molar-refractivity contribution in [3.05, 3.63) is 56.5 Å². The van der Waals surface area contributed by atoms with E-state index in [-0.39, 0.29) is 11.1 Å². The number of hydrogen-bond acceptors (Lipinski definition) is 8. The van der Waals surface area contributed by atoms with Gasteiger partial charge in [0.1, 0.15) is 11.6 Å². The molecule has 2 aromatic heterocycles. The second kappa shape index (κ2) is 8.50. The normalized spacial score (nSPS) is 14.8. The second-order valence-corrected chi connectivity index (χ2v) is 7.49. The zero-order chi connectivity index (χ0) is 23.0. The van der Waals surface area contributed by atoms with Crippen molar-refractivity contribution in [3.63, 3.8) is 0 Å². The quantitative estimate of drug-likeness (QED) is 0.588. The Hall–Kier alpha value is -3.60. The molecule has 1 N–H and O–H groups in total. The molecular formula is C21H22FN3O7. The summed E-state index contributed by atoms with van der Waals surface area (Å²) in [5, 5.41) is 8.90. The topological polar surface area (TPSA) is 118 Å². The molecule has 1 saturated heterocycles. The van der Waals surface area contributed by atoms with Crippen LogP contribution in [0.4, 0.5) is 14.9 Å². The number of aryl methyl sites for hydroxylation is 2. The molecule has 1 fully saturated rings. The Balaban J connectivity index is 1.59. The minimum Gasteiger partial charge on any atom is -0.449 e. The molecule has 3 heterocycles. The van der Waals surface area contributed by atoms with Crippen LogP contribution in [0.1, 0.15) is 18.4 Å². The first kappa shape index (κ1) is 21.6. The lowest BCUT2D eigenvalue weighted by molar-refractivity contribution is 0.144. The van der Waals surface area contributed by atoms with E-state index in [4.69, 9.17) is 13.9 Å². The van der Waals surface area contributed by atoms with Crippen molar-refractivity contribution in [2.24, 2.45) is 0 Å². The number of piperazine rings is 1. The van der Waals surface area contributed by atoms with Crippen LogP contribution in [0, 0.1) is 12.7 Å². The van der Waals surface area contributed by atoms with Gasteiger partial charge in [-0.25, -0.2) is 14.0 Å². The van der Waals surface area contributed by atoms with Crippen molar-refractivity contribution >= 4 is 22.7 Å². The lowest BCUT2D eigenvalue weighted by Crippen LogP contribution is -2.46. The van der Waals surface area contributed by atoms with Gasteiger partial charge in [0, 0.05) is 32.7 Å². The number of carbonyl (C=O) groups is 1. The second-order valence-electron chi connectivity index (χ2n) is 7.49. The van der Waals surface area contributed by atoms with E-state index >= 15 is 0 Å². The zero-order valence-corrected chi connectivity index (χ0v) is 17.6. The van der Waals surface area contributed by atoms with Gasteiger partial charge in [-0.1, -0.05) is 0 Å². The summed E-state index contributed by atoms with van der Waals surface area (Å²) in [6, 6.07) is 2.73. The Bertz CT molecular complexity index is 1290. The molecule has 0 amide bonds. The predicted octanol–water partition coefficient (Wildman–Crippen LogP) is 2.39. The number of pyridine rings is 1. The maximum absolute atomic E-state index is 15.0. The van der Waals surface area contributed by atoms with Crippen molar-refractivity contribution < 1.29 is 27.9 Å². The fraction of sp³-hybridized carbons (Fsp3) is 0.381. The van der Waals surface area contributed by atoms with E-state index in [0.717, 1.165) is 6.07 Å². The van der Waals surface area contributed by atoms with Crippen molar-refractivity contribution in [2.75, 3.05) is 31.1 Å². The van der Waals surface area contributed by atoms with Gasteiger partial charge in [-0.2, -0.15) is 0 Å². The molecule has 0 atom stereocenters. The van der Waals surface area contributed by atoms with Crippen molar-refractivity contribution in [1.29, 1.82) is 0 Å². The lowest BCUT2D eigenvalue weighted by atomic mass is 10.1. The van der Waals surface area contributed by atoms with Gasteiger partial charge in [-0.05, 0) is 26.0 Å². The number of rotatable bonds is 5. The standard InChI is InChI=1S/C21H22FN3O7/c1-3-24-11-18(31-20(27)28)19(26)13-8-14(22)16(9-15(13)24)25-6-4-23(5-7-25)10-17-12(2)30-21(29)32-17/h8-9,11H,3-7,10H2,1-2H3,(H,27,28). The van der Waals surface area contributed by atoms with Gasteiger partial charge < -0.3 is 28.1 Å². The van der Waals surface area contributed by atoms with Gasteiger partial charge in [0.05, 0.1) is 29.3 Å². The number of anilines is 1. The van der Waals surface area contributed by atoms with Crippen LogP contribution in [0.3, 0.4) is 0 Å². The van der Waals surface area contributed by atoms with E-state index in [1.165, 1.54) is 6.20 Å². The maximum atomic E-state index is 15.0. The van der Waals surface area contributed by atoms with E-state index in [9.17, 15) is 18.8 Å². The molecule has 0 radical (unpaired) electrons. The molecule has 0 unspecified atom stereocenters. The number of benzene rings is 1. The highest BCUT2D eigenvalue weighted by atomic mass is 19.1. The highest BCUT2D eigenvalue weighted by molar-refractivity contribution is 5.84. The van der Waals surface area contributed by atoms with E-state index in [0.29, 0.717) is 62.0 Å². The summed E-state index contributed by atoms with van der Waals surface area (Å²) in [4.78, 5) is 38.6. The molecule has 0 saturated carbocycles. The van der Waals surface area contributed by atoms with Gasteiger partial charge in [0.2, 0.25) is 5.43 Å². The molecule has 0 aliphatic carbocycles. The molecule has 0 bridgehead atoms. The largest absolute Gasteiger partial charge is 0.519 e. The van der Waals surface area contributed by atoms with Crippen LogP contribution >= 0.6 is 0 Å². The monoisotopic (exact) mass is 447 g/mol. The number of fused-ring (bicyclic) bond motifs is 1. The number of hydrogen-bond donors (Lipinski definition) is 1. The van der Waals surface area contributed by atoms with Gasteiger partial charge in [0.15, 0.2) is 11.5 Å². The van der Waals surface area contributed by atoms with E-state index in [2.05, 4.69) is 9.64 Å². The molecule has 170 valence electrons. The van der Waals surface area contributed by atoms with Crippen molar-refractivity contribution in [2.45, 2.75) is 26.9 Å². The lowest BCUT2D eigenvalue weighted by Gasteiger charge is -2.36. The van der Waals surface area contributed by atoms with Crippen molar-refractivity contribution in [1.82, 2.24) is 9.47 Å². The van der Waals surface area contributed by atoms with E-state index < -0.39 is 23.2 Å². The van der Waals surface area contributed by atoms with Crippen LogP contribution in [-0.4, -0.2) is 46.9 Å². The maximum Gasteiger partial charge on any atom is 0.519 e. The molecule has 1 aromatic carbocycles. The minimum atomic E-state index is -1.61. The van der Waals surface area contributed by atoms with Gasteiger partial charge in [-0.15, -0.1) is 0 Å². The highest BCUT2D eigenvalue weighted by Gasteiger charge is 2.23. The number of halogens is 1. The van der Waals surface area contributed by atoms with Crippen LogP contribution in [0.25, 0.3) is 10.9 Å². The zero-order valence-electron chi connectivity index (χ0n) is 17.6. The highest BCUT2D eigenvalue weighted by Crippen LogP contribution is 2.27. The van der Waals surface area contributed by atoms with Crippen LogP contribution in [-0.2, 0) is 13.1 Å². The average molecular weight is 447 g/mol. The first-order valence-corrected chi connectivity index (χ1v) is 10.1. The van der Waals surface area contributed by atoms with Gasteiger partial charge >= 0.3 is 12.0 Å². The fourth-order valence-electron chi connectivity index (χ4n) is 3.91. The summed E-state index contributed by atoms with van der Waals surface area (Å²) in [6.07, 6.45) is -0.289. The Labute approximate surface area is 181 Å². The van der Waals surface area contributed by atoms with Crippen LogP contribution in [0.2, 0.25) is 0 Å². The summed E-state index contributed by atoms with van der Waals surface area (Å²) < 4.78 is 31.1. The molecule has 10 nitrogen and oxygen atoms in total. The summed E-state index contributed by atoms with van der Waals surface area (Å²) in [6.45, 7) is 6.62. The van der Waals surface area contributed by atoms with Gasteiger partial charge in [0.25, 0.3) is 0 Å². The smallest absolute Gasteiger partial charge is 0.449 e. The number of nitrogens with zero attached hydrogens (tertiary/aromatic N) is 3. The summed E-state index contributed by atoms with van der Waals surface area (Å²) in [7, 11) is 0. The minimum absolute atomic E-state index is 0.0518. The Morgan fingerprint density at radius 2 is 1.91 bits per heavy atom. The third kappa shape index (κ3) is 4.11. The predicted molar refractivity (Wildman–Crippen MR) is 112 cm³/mol. The van der Waals surface area contributed by atoms with Crippen LogP contribution in [0.5, 0.6) is 5.75 Å². The Morgan fingerprint density at radius 3 is 2.50 bits per heavy atom. The number of carboxylic acid groups (broad SMARTS) is 1. The van der Waals surface area contributed by atoms with Gasteiger partial charge in [-0.3, -0.25) is 9.69 Å². The average Bonchev–Trinajstić information content (AvgIpc) is 3.07. The molecule has 3 aromatic rings. The Kier molecular flexibility index (Phi) is 5.74. The molecule has 32 heavy (non-hydrogen) atoms. The molecule has 1 aliphatic heterocycles. The van der Waals surface area contributed by atoms with Crippen LogP contribution in [0.15, 0.2) is 36.8 Å². The third-order valence-corrected chi connectivity index (χ3v) is 5.57. The van der Waals surface area contributed by atoms with Crippen molar-refractivity contribution in [3.8, 4) is 5.75 Å². The first-order valence-electron chi connectivity index (χ1n) is 10.1. The molecular weight excluding hydrogens is 425 g/mol. The Morgan fingerprint density at radius 1 is 1.19 bits per heavy atom.